The number of hydrogen-bond donors (Lipinski definition) is 1. The maximum absolute atomic E-state index is 10.9. The molecule has 0 heterocycles. The largest absolute Gasteiger partial charge is 0.368 e. The summed E-state index contributed by atoms with van der Waals surface area (Å²) in [5.41, 5.74) is 1.85. The van der Waals surface area contributed by atoms with Crippen LogP contribution in [0.1, 0.15) is 5.56 Å². The zero-order chi connectivity index (χ0) is 12.1. The van der Waals surface area contributed by atoms with Gasteiger partial charge in [-0.1, -0.05) is 6.07 Å². The Morgan fingerprint density at radius 1 is 1.50 bits per heavy atom. The lowest BCUT2D eigenvalue weighted by atomic mass is 10.2. The minimum Gasteiger partial charge on any atom is -0.368 e. The van der Waals surface area contributed by atoms with E-state index in [2.05, 4.69) is 5.32 Å². The molecule has 0 unspecified atom stereocenters. The highest BCUT2D eigenvalue weighted by molar-refractivity contribution is 5.64. The van der Waals surface area contributed by atoms with E-state index in [1.807, 2.05) is 32.0 Å². The van der Waals surface area contributed by atoms with E-state index in [4.69, 9.17) is 0 Å². The molecule has 1 rings (SSSR count). The third kappa shape index (κ3) is 2.93. The molecule has 0 saturated heterocycles. The molecule has 16 heavy (non-hydrogen) atoms. The first-order chi connectivity index (χ1) is 7.56. The first-order valence-electron chi connectivity index (χ1n) is 5.17. The fraction of sp³-hybridized carbons (Fsp3) is 0.455. The molecule has 1 N–H and O–H groups in total. The SMILES string of the molecule is CNCCN(C)c1cc(C)ccc1[N+](=O)[O-]. The van der Waals surface area contributed by atoms with Crippen molar-refractivity contribution in [3.63, 3.8) is 0 Å². The van der Waals surface area contributed by atoms with Gasteiger partial charge >= 0.3 is 0 Å². The Kier molecular flexibility index (Phi) is 4.25. The minimum absolute atomic E-state index is 0.157. The molecule has 0 aliphatic rings. The van der Waals surface area contributed by atoms with Crippen LogP contribution in [0, 0.1) is 17.0 Å². The van der Waals surface area contributed by atoms with Crippen molar-refractivity contribution >= 4 is 11.4 Å². The second kappa shape index (κ2) is 5.46. The van der Waals surface area contributed by atoms with Crippen LogP contribution in [0.25, 0.3) is 0 Å². The summed E-state index contributed by atoms with van der Waals surface area (Å²) in [6.07, 6.45) is 0. The van der Waals surface area contributed by atoms with Crippen molar-refractivity contribution in [2.75, 3.05) is 32.1 Å². The first-order valence-corrected chi connectivity index (χ1v) is 5.17. The van der Waals surface area contributed by atoms with Crippen LogP contribution in [0.5, 0.6) is 0 Å². The average Bonchev–Trinajstić information content (AvgIpc) is 2.25. The lowest BCUT2D eigenvalue weighted by molar-refractivity contribution is -0.384. The summed E-state index contributed by atoms with van der Waals surface area (Å²) < 4.78 is 0. The third-order valence-corrected chi connectivity index (χ3v) is 2.44. The molecule has 0 fully saturated rings. The van der Waals surface area contributed by atoms with Gasteiger partial charge in [0.1, 0.15) is 5.69 Å². The van der Waals surface area contributed by atoms with Gasteiger partial charge in [-0.3, -0.25) is 10.1 Å². The van der Waals surface area contributed by atoms with Gasteiger partial charge in [-0.05, 0) is 25.6 Å². The lowest BCUT2D eigenvalue weighted by Gasteiger charge is -2.19. The van der Waals surface area contributed by atoms with Crippen molar-refractivity contribution in [2.24, 2.45) is 0 Å². The van der Waals surface area contributed by atoms with Crippen molar-refractivity contribution in [2.45, 2.75) is 6.92 Å². The molecule has 88 valence electrons. The smallest absolute Gasteiger partial charge is 0.292 e. The first kappa shape index (κ1) is 12.4. The van der Waals surface area contributed by atoms with Crippen LogP contribution in [-0.2, 0) is 0 Å². The summed E-state index contributed by atoms with van der Waals surface area (Å²) in [7, 11) is 3.72. The molecular weight excluding hydrogens is 206 g/mol. The summed E-state index contributed by atoms with van der Waals surface area (Å²) in [5, 5.41) is 13.9. The number of nitro groups is 1. The number of nitrogens with zero attached hydrogens (tertiary/aromatic N) is 2. The van der Waals surface area contributed by atoms with Gasteiger partial charge < -0.3 is 10.2 Å². The van der Waals surface area contributed by atoms with E-state index in [0.717, 1.165) is 18.7 Å². The van der Waals surface area contributed by atoms with Gasteiger partial charge in [0.05, 0.1) is 4.92 Å². The lowest BCUT2D eigenvalue weighted by Crippen LogP contribution is -2.27. The van der Waals surface area contributed by atoms with Crippen molar-refractivity contribution in [3.8, 4) is 0 Å². The normalized spacial score (nSPS) is 10.2. The Morgan fingerprint density at radius 2 is 2.19 bits per heavy atom. The second-order valence-corrected chi connectivity index (χ2v) is 3.77. The van der Waals surface area contributed by atoms with Crippen LogP contribution < -0.4 is 10.2 Å². The van der Waals surface area contributed by atoms with E-state index in [1.54, 1.807) is 12.1 Å². The van der Waals surface area contributed by atoms with Crippen LogP contribution in [0.4, 0.5) is 11.4 Å². The van der Waals surface area contributed by atoms with Gasteiger partial charge in [0, 0.05) is 26.2 Å². The molecule has 1 aromatic rings. The summed E-state index contributed by atoms with van der Waals surface area (Å²) in [4.78, 5) is 12.4. The van der Waals surface area contributed by atoms with E-state index in [-0.39, 0.29) is 10.6 Å². The van der Waals surface area contributed by atoms with Crippen molar-refractivity contribution in [3.05, 3.63) is 33.9 Å². The monoisotopic (exact) mass is 223 g/mol. The molecule has 5 heteroatoms. The molecule has 0 atom stereocenters. The van der Waals surface area contributed by atoms with Crippen LogP contribution in [-0.4, -0.2) is 32.1 Å². The zero-order valence-electron chi connectivity index (χ0n) is 9.86. The molecule has 0 aliphatic carbocycles. The quantitative estimate of drug-likeness (QED) is 0.608. The van der Waals surface area contributed by atoms with E-state index >= 15 is 0 Å². The molecule has 0 amide bonds. The van der Waals surface area contributed by atoms with E-state index in [9.17, 15) is 10.1 Å². The standard InChI is InChI=1S/C11H17N3O2/c1-9-4-5-10(14(15)16)11(8-9)13(3)7-6-12-2/h4-5,8,12H,6-7H2,1-3H3. The number of anilines is 1. The highest BCUT2D eigenvalue weighted by Gasteiger charge is 2.16. The fourth-order valence-electron chi connectivity index (χ4n) is 1.49. The van der Waals surface area contributed by atoms with E-state index in [1.165, 1.54) is 0 Å². The van der Waals surface area contributed by atoms with Gasteiger partial charge in [0.15, 0.2) is 0 Å². The minimum atomic E-state index is -0.343. The number of aryl methyl sites for hydroxylation is 1. The van der Waals surface area contributed by atoms with Gasteiger partial charge in [-0.15, -0.1) is 0 Å². The Morgan fingerprint density at radius 3 is 2.75 bits per heavy atom. The van der Waals surface area contributed by atoms with Crippen LogP contribution >= 0.6 is 0 Å². The Balaban J connectivity index is 2.99. The molecule has 0 bridgehead atoms. The highest BCUT2D eigenvalue weighted by Crippen LogP contribution is 2.27. The second-order valence-electron chi connectivity index (χ2n) is 3.77. The fourth-order valence-corrected chi connectivity index (χ4v) is 1.49. The van der Waals surface area contributed by atoms with Crippen molar-refractivity contribution in [1.29, 1.82) is 0 Å². The number of nitrogens with one attached hydrogen (secondary N) is 1. The van der Waals surface area contributed by atoms with Crippen molar-refractivity contribution in [1.82, 2.24) is 5.32 Å². The molecule has 0 aliphatic heterocycles. The molecule has 1 aromatic carbocycles. The third-order valence-electron chi connectivity index (χ3n) is 2.44. The maximum atomic E-state index is 10.9. The average molecular weight is 223 g/mol. The summed E-state index contributed by atoms with van der Waals surface area (Å²) in [6.45, 7) is 3.46. The number of likely N-dealkylation sites (N-methyl/N-ethyl adjacent to an activating group) is 2. The summed E-state index contributed by atoms with van der Waals surface area (Å²) in [5.74, 6) is 0. The van der Waals surface area contributed by atoms with Crippen molar-refractivity contribution < 1.29 is 4.92 Å². The van der Waals surface area contributed by atoms with Crippen LogP contribution in [0.15, 0.2) is 18.2 Å². The molecule has 0 radical (unpaired) electrons. The number of nitro benzene ring substituents is 1. The van der Waals surface area contributed by atoms with E-state index < -0.39 is 0 Å². The van der Waals surface area contributed by atoms with Crippen LogP contribution in [0.3, 0.4) is 0 Å². The molecule has 5 nitrogen and oxygen atoms in total. The van der Waals surface area contributed by atoms with Gasteiger partial charge in [0.2, 0.25) is 0 Å². The van der Waals surface area contributed by atoms with E-state index in [0.29, 0.717) is 5.69 Å². The highest BCUT2D eigenvalue weighted by atomic mass is 16.6. The Labute approximate surface area is 95.2 Å². The summed E-state index contributed by atoms with van der Waals surface area (Å²) >= 11 is 0. The number of hydrogen-bond acceptors (Lipinski definition) is 4. The maximum Gasteiger partial charge on any atom is 0.292 e. The van der Waals surface area contributed by atoms with Crippen LogP contribution in [0.2, 0.25) is 0 Å². The van der Waals surface area contributed by atoms with Gasteiger partial charge in [0.25, 0.3) is 5.69 Å². The predicted octanol–water partition coefficient (Wildman–Crippen LogP) is 1.56. The number of benzene rings is 1. The topological polar surface area (TPSA) is 58.4 Å². The predicted molar refractivity (Wildman–Crippen MR) is 65.0 cm³/mol. The molecule has 0 saturated carbocycles. The molecular formula is C11H17N3O2. The van der Waals surface area contributed by atoms with Gasteiger partial charge in [-0.25, -0.2) is 0 Å². The molecule has 0 spiro atoms. The number of rotatable bonds is 5. The summed E-state index contributed by atoms with van der Waals surface area (Å²) in [6, 6.07) is 5.15. The van der Waals surface area contributed by atoms with Gasteiger partial charge in [-0.2, -0.15) is 0 Å². The zero-order valence-corrected chi connectivity index (χ0v) is 9.86. The Hall–Kier alpha value is -1.62. The Bertz CT molecular complexity index is 379. The molecule has 0 aromatic heterocycles.